The zero-order valence-corrected chi connectivity index (χ0v) is 11.8. The number of nitrogens with zero attached hydrogens (tertiary/aromatic N) is 2. The predicted molar refractivity (Wildman–Crippen MR) is 69.6 cm³/mol. The molecule has 2 nitrogen and oxygen atoms in total. The lowest BCUT2D eigenvalue weighted by molar-refractivity contribution is 0.309. The first-order valence-electron chi connectivity index (χ1n) is 4.90. The molecule has 0 N–H and O–H groups in total. The quantitative estimate of drug-likeness (QED) is 0.722. The van der Waals surface area contributed by atoms with Gasteiger partial charge in [0.2, 0.25) is 0 Å². The monoisotopic (exact) mass is 278 g/mol. The number of amidine groups is 1. The van der Waals surface area contributed by atoms with E-state index in [1.54, 1.807) is 0 Å². The van der Waals surface area contributed by atoms with Crippen molar-refractivity contribution in [1.82, 2.24) is 4.90 Å². The van der Waals surface area contributed by atoms with Gasteiger partial charge in [0, 0.05) is 24.2 Å². The van der Waals surface area contributed by atoms with Crippen molar-refractivity contribution in [2.75, 3.05) is 25.5 Å². The molecule has 0 aromatic heterocycles. The van der Waals surface area contributed by atoms with Crippen molar-refractivity contribution in [2.24, 2.45) is 10.4 Å². The number of thioether (sulfide) groups is 1. The minimum absolute atomic E-state index is 0.338. The summed E-state index contributed by atoms with van der Waals surface area (Å²) in [6.07, 6.45) is 0. The maximum Gasteiger partial charge on any atom is 0.159 e. The zero-order chi connectivity index (χ0) is 10.8. The molecule has 0 saturated heterocycles. The largest absolute Gasteiger partial charge is 0.354 e. The lowest BCUT2D eigenvalue weighted by Gasteiger charge is -2.27. The molecule has 1 heterocycles. The van der Waals surface area contributed by atoms with Crippen molar-refractivity contribution in [3.63, 3.8) is 0 Å². The van der Waals surface area contributed by atoms with E-state index in [0.29, 0.717) is 10.7 Å². The van der Waals surface area contributed by atoms with Gasteiger partial charge in [-0.2, -0.15) is 0 Å². The molecule has 4 heteroatoms. The molecule has 1 atom stereocenters. The van der Waals surface area contributed by atoms with Crippen LogP contribution in [0.25, 0.3) is 0 Å². The highest BCUT2D eigenvalue weighted by Gasteiger charge is 2.23. The number of rotatable bonds is 2. The van der Waals surface area contributed by atoms with Crippen LogP contribution >= 0.6 is 27.7 Å². The molecule has 0 radical (unpaired) electrons. The van der Waals surface area contributed by atoms with Crippen molar-refractivity contribution in [3.8, 4) is 0 Å². The summed E-state index contributed by atoms with van der Waals surface area (Å²) in [6.45, 7) is 8.79. The minimum Gasteiger partial charge on any atom is -0.354 e. The van der Waals surface area contributed by atoms with Crippen molar-refractivity contribution in [3.05, 3.63) is 0 Å². The van der Waals surface area contributed by atoms with Gasteiger partial charge < -0.3 is 4.90 Å². The molecule has 0 aromatic rings. The molecule has 82 valence electrons. The Morgan fingerprint density at radius 2 is 2.21 bits per heavy atom. The molecule has 0 fully saturated rings. The highest BCUT2D eigenvalue weighted by molar-refractivity contribution is 9.09. The predicted octanol–water partition coefficient (Wildman–Crippen LogP) is 2.83. The van der Waals surface area contributed by atoms with Gasteiger partial charge in [-0.1, -0.05) is 48.5 Å². The molecule has 0 bridgehead atoms. The Morgan fingerprint density at radius 1 is 1.57 bits per heavy atom. The first kappa shape index (κ1) is 12.4. The molecule has 1 aliphatic rings. The molecule has 0 saturated carbocycles. The summed E-state index contributed by atoms with van der Waals surface area (Å²) in [4.78, 5) is 6.82. The summed E-state index contributed by atoms with van der Waals surface area (Å²) in [5.41, 5.74) is 0.338. The van der Waals surface area contributed by atoms with Gasteiger partial charge in [-0.3, -0.25) is 4.99 Å². The molecule has 0 aliphatic carbocycles. The van der Waals surface area contributed by atoms with Crippen molar-refractivity contribution in [1.29, 1.82) is 0 Å². The molecular formula is C10H19BrN2S. The van der Waals surface area contributed by atoms with Crippen LogP contribution in [0.15, 0.2) is 4.99 Å². The average molecular weight is 279 g/mol. The normalized spacial score (nSPS) is 22.4. The first-order chi connectivity index (χ1) is 6.42. The van der Waals surface area contributed by atoms with Gasteiger partial charge in [0.1, 0.15) is 0 Å². The Balaban J connectivity index is 2.43. The highest BCUT2D eigenvalue weighted by atomic mass is 79.9. The molecule has 0 spiro atoms. The third-order valence-electron chi connectivity index (χ3n) is 1.91. The fourth-order valence-electron chi connectivity index (χ4n) is 1.47. The van der Waals surface area contributed by atoms with Gasteiger partial charge in [-0.15, -0.1) is 0 Å². The second-order valence-electron chi connectivity index (χ2n) is 4.93. The number of alkyl halides is 1. The maximum absolute atomic E-state index is 4.55. The fraction of sp³-hybridized carbons (Fsp3) is 0.900. The summed E-state index contributed by atoms with van der Waals surface area (Å²) in [5, 5.41) is 2.87. The molecule has 1 unspecified atom stereocenters. The molecule has 1 aliphatic heterocycles. The third-order valence-corrected chi connectivity index (χ3v) is 4.42. The number of halogens is 1. The molecule has 14 heavy (non-hydrogen) atoms. The van der Waals surface area contributed by atoms with E-state index in [4.69, 9.17) is 0 Å². The van der Waals surface area contributed by atoms with Crippen molar-refractivity contribution >= 4 is 32.9 Å². The van der Waals surface area contributed by atoms with E-state index in [-0.39, 0.29) is 0 Å². The van der Waals surface area contributed by atoms with Crippen LogP contribution in [-0.4, -0.2) is 40.8 Å². The Kier molecular flexibility index (Phi) is 4.31. The van der Waals surface area contributed by atoms with E-state index in [2.05, 4.69) is 53.6 Å². The molecule has 1 rings (SSSR count). The van der Waals surface area contributed by atoms with Gasteiger partial charge >= 0.3 is 0 Å². The third kappa shape index (κ3) is 3.81. The Hall–Kier alpha value is 0.300. The fourth-order valence-corrected chi connectivity index (χ4v) is 2.98. The van der Waals surface area contributed by atoms with Crippen LogP contribution in [-0.2, 0) is 0 Å². The van der Waals surface area contributed by atoms with Crippen LogP contribution in [0, 0.1) is 5.41 Å². The SMILES string of the molecule is CN(CC(C)(C)C)C1=NCC(CBr)S1. The van der Waals surface area contributed by atoms with E-state index in [9.17, 15) is 0 Å². The summed E-state index contributed by atoms with van der Waals surface area (Å²) in [5.74, 6) is 0. The van der Waals surface area contributed by atoms with Gasteiger partial charge in [-0.25, -0.2) is 0 Å². The number of hydrogen-bond acceptors (Lipinski definition) is 3. The first-order valence-corrected chi connectivity index (χ1v) is 6.91. The number of hydrogen-bond donors (Lipinski definition) is 0. The highest BCUT2D eigenvalue weighted by Crippen LogP contribution is 2.26. The van der Waals surface area contributed by atoms with E-state index in [1.807, 2.05) is 11.8 Å². The van der Waals surface area contributed by atoms with Crippen molar-refractivity contribution < 1.29 is 0 Å². The van der Waals surface area contributed by atoms with Gasteiger partial charge in [0.25, 0.3) is 0 Å². The average Bonchev–Trinajstić information content (AvgIpc) is 2.48. The van der Waals surface area contributed by atoms with E-state index < -0.39 is 0 Å². The smallest absolute Gasteiger partial charge is 0.159 e. The lowest BCUT2D eigenvalue weighted by Crippen LogP contribution is -2.32. The van der Waals surface area contributed by atoms with E-state index in [0.717, 1.165) is 18.4 Å². The summed E-state index contributed by atoms with van der Waals surface area (Å²) >= 11 is 5.39. The lowest BCUT2D eigenvalue weighted by atomic mass is 9.96. The zero-order valence-electron chi connectivity index (χ0n) is 9.38. The van der Waals surface area contributed by atoms with E-state index >= 15 is 0 Å². The Labute approximate surface area is 99.7 Å². The van der Waals surface area contributed by atoms with Crippen LogP contribution in [0.3, 0.4) is 0 Å². The minimum atomic E-state index is 0.338. The van der Waals surface area contributed by atoms with Crippen LogP contribution in [0.2, 0.25) is 0 Å². The summed E-state index contributed by atoms with van der Waals surface area (Å²) in [7, 11) is 2.13. The molecule has 0 aromatic carbocycles. The van der Waals surface area contributed by atoms with Gasteiger partial charge in [-0.05, 0) is 5.41 Å². The van der Waals surface area contributed by atoms with Crippen LogP contribution in [0.5, 0.6) is 0 Å². The van der Waals surface area contributed by atoms with Crippen LogP contribution in [0.4, 0.5) is 0 Å². The maximum atomic E-state index is 4.55. The number of aliphatic imine (C=N–C) groups is 1. The standard InChI is InChI=1S/C10H19BrN2S/c1-10(2,3)7-13(4)9-12-6-8(5-11)14-9/h8H,5-7H2,1-4H3. The molecular weight excluding hydrogens is 260 g/mol. The second-order valence-corrected chi connectivity index (χ2v) is 6.85. The van der Waals surface area contributed by atoms with E-state index in [1.165, 1.54) is 5.17 Å². The Bertz CT molecular complexity index is 223. The summed E-state index contributed by atoms with van der Waals surface area (Å²) in [6, 6.07) is 0. The van der Waals surface area contributed by atoms with Crippen molar-refractivity contribution in [2.45, 2.75) is 26.0 Å². The second kappa shape index (κ2) is 4.88. The van der Waals surface area contributed by atoms with Crippen LogP contribution in [0.1, 0.15) is 20.8 Å². The van der Waals surface area contributed by atoms with Gasteiger partial charge in [0.05, 0.1) is 6.54 Å². The van der Waals surface area contributed by atoms with Crippen LogP contribution < -0.4 is 0 Å². The topological polar surface area (TPSA) is 15.6 Å². The Morgan fingerprint density at radius 3 is 2.64 bits per heavy atom. The van der Waals surface area contributed by atoms with Gasteiger partial charge in [0.15, 0.2) is 5.17 Å². The summed E-state index contributed by atoms with van der Waals surface area (Å²) < 4.78 is 0. The molecule has 0 amide bonds.